The topological polar surface area (TPSA) is 72.9 Å². The maximum Gasteiger partial charge on any atom is 0.337 e. The van der Waals surface area contributed by atoms with Crippen molar-refractivity contribution in [3.05, 3.63) is 29.8 Å². The summed E-state index contributed by atoms with van der Waals surface area (Å²) in [6.45, 7) is 1.50. The van der Waals surface area contributed by atoms with Crippen LogP contribution in [0.25, 0.3) is 0 Å². The highest BCUT2D eigenvalue weighted by Crippen LogP contribution is 2.17. The molecule has 1 aromatic carbocycles. The van der Waals surface area contributed by atoms with Crippen LogP contribution < -0.4 is 0 Å². The molecule has 0 N–H and O–H groups in total. The first-order valence-corrected chi connectivity index (χ1v) is 7.26. The highest BCUT2D eigenvalue weighted by atomic mass is 32.2. The number of hydrogen-bond acceptors (Lipinski definition) is 5. The number of benzene rings is 1. The van der Waals surface area contributed by atoms with E-state index in [0.29, 0.717) is 31.9 Å². The van der Waals surface area contributed by atoms with E-state index >= 15 is 0 Å². The quantitative estimate of drug-likeness (QED) is 0.756. The lowest BCUT2D eigenvalue weighted by Gasteiger charge is -2.26. The predicted octanol–water partition coefficient (Wildman–Crippen LogP) is 0.494. The van der Waals surface area contributed by atoms with Crippen molar-refractivity contribution in [2.24, 2.45) is 0 Å². The fourth-order valence-corrected chi connectivity index (χ4v) is 3.22. The number of hydrogen-bond donors (Lipinski definition) is 0. The lowest BCUT2D eigenvalue weighted by molar-refractivity contribution is 0.0600. The van der Waals surface area contributed by atoms with Gasteiger partial charge in [-0.2, -0.15) is 4.31 Å². The maximum atomic E-state index is 12.3. The smallest absolute Gasteiger partial charge is 0.337 e. The summed E-state index contributed by atoms with van der Waals surface area (Å²) in [5.74, 6) is -0.490. The van der Waals surface area contributed by atoms with Crippen molar-refractivity contribution in [3.63, 3.8) is 0 Å². The molecule has 104 valence electrons. The van der Waals surface area contributed by atoms with Crippen LogP contribution in [0.2, 0.25) is 0 Å². The second-order valence-electron chi connectivity index (χ2n) is 4.03. The fraction of sp³-hybridized carbons (Fsp3) is 0.417. The van der Waals surface area contributed by atoms with E-state index in [1.807, 2.05) is 0 Å². The van der Waals surface area contributed by atoms with Crippen molar-refractivity contribution < 1.29 is 22.7 Å². The molecule has 0 bridgehead atoms. The number of sulfonamides is 1. The molecule has 1 aliphatic rings. The van der Waals surface area contributed by atoms with E-state index < -0.39 is 16.0 Å². The summed E-state index contributed by atoms with van der Waals surface area (Å²) in [6, 6.07) is 5.71. The first-order chi connectivity index (χ1) is 9.05. The number of morpholine rings is 1. The molecule has 1 aliphatic heterocycles. The first kappa shape index (κ1) is 14.0. The van der Waals surface area contributed by atoms with Gasteiger partial charge in [0.05, 0.1) is 30.8 Å². The zero-order chi connectivity index (χ0) is 13.9. The summed E-state index contributed by atoms with van der Waals surface area (Å²) in [7, 11) is -2.23. The van der Waals surface area contributed by atoms with Gasteiger partial charge in [-0.15, -0.1) is 0 Å². The second-order valence-corrected chi connectivity index (χ2v) is 5.97. The van der Waals surface area contributed by atoms with E-state index in [0.717, 1.165) is 0 Å². The van der Waals surface area contributed by atoms with Gasteiger partial charge in [-0.25, -0.2) is 13.2 Å². The minimum Gasteiger partial charge on any atom is -0.465 e. The van der Waals surface area contributed by atoms with Crippen molar-refractivity contribution in [2.75, 3.05) is 33.4 Å². The minimum absolute atomic E-state index is 0.169. The summed E-state index contributed by atoms with van der Waals surface area (Å²) < 4.78 is 35.7. The number of nitrogens with zero attached hydrogens (tertiary/aromatic N) is 1. The van der Waals surface area contributed by atoms with Crippen molar-refractivity contribution in [1.82, 2.24) is 4.31 Å². The molecule has 1 fully saturated rings. The summed E-state index contributed by atoms with van der Waals surface area (Å²) in [5, 5.41) is 0. The first-order valence-electron chi connectivity index (χ1n) is 5.82. The van der Waals surface area contributed by atoms with E-state index in [1.165, 1.54) is 35.7 Å². The number of rotatable bonds is 3. The summed E-state index contributed by atoms with van der Waals surface area (Å²) in [5.41, 5.74) is 0.323. The van der Waals surface area contributed by atoms with Crippen LogP contribution >= 0.6 is 0 Å². The molecule has 0 spiro atoms. The van der Waals surface area contributed by atoms with Crippen molar-refractivity contribution in [1.29, 1.82) is 0 Å². The molecule has 1 saturated heterocycles. The molecule has 0 radical (unpaired) electrons. The Hall–Kier alpha value is -1.44. The van der Waals surface area contributed by atoms with Gasteiger partial charge in [0.15, 0.2) is 0 Å². The second kappa shape index (κ2) is 5.68. The Labute approximate surface area is 112 Å². The van der Waals surface area contributed by atoms with E-state index in [-0.39, 0.29) is 4.90 Å². The van der Waals surface area contributed by atoms with Crippen LogP contribution in [0.4, 0.5) is 0 Å². The van der Waals surface area contributed by atoms with Gasteiger partial charge in [-0.3, -0.25) is 0 Å². The molecule has 7 heteroatoms. The normalized spacial score (nSPS) is 17.1. The van der Waals surface area contributed by atoms with Crippen molar-refractivity contribution in [2.45, 2.75) is 4.90 Å². The molecule has 19 heavy (non-hydrogen) atoms. The molecule has 0 unspecified atom stereocenters. The van der Waals surface area contributed by atoms with E-state index in [4.69, 9.17) is 4.74 Å². The molecule has 0 aliphatic carbocycles. The molecular weight excluding hydrogens is 270 g/mol. The van der Waals surface area contributed by atoms with Gasteiger partial charge in [-0.05, 0) is 24.3 Å². The molecule has 2 rings (SSSR count). The molecular formula is C12H15NO5S. The summed E-state index contributed by atoms with van der Waals surface area (Å²) >= 11 is 0. The average Bonchev–Trinajstić information content (AvgIpc) is 2.47. The number of esters is 1. The molecule has 0 aromatic heterocycles. The van der Waals surface area contributed by atoms with Crippen LogP contribution in [0.15, 0.2) is 29.2 Å². The third-order valence-electron chi connectivity index (χ3n) is 2.88. The number of carbonyl (C=O) groups excluding carboxylic acids is 1. The maximum absolute atomic E-state index is 12.3. The lowest BCUT2D eigenvalue weighted by atomic mass is 10.2. The van der Waals surface area contributed by atoms with Crippen molar-refractivity contribution in [3.8, 4) is 0 Å². The van der Waals surface area contributed by atoms with Crippen LogP contribution in [0.1, 0.15) is 10.4 Å². The van der Waals surface area contributed by atoms with E-state index in [2.05, 4.69) is 4.74 Å². The Balaban J connectivity index is 2.23. The molecule has 1 heterocycles. The molecule has 1 aromatic rings. The molecule has 6 nitrogen and oxygen atoms in total. The summed E-state index contributed by atoms with van der Waals surface area (Å²) in [4.78, 5) is 11.4. The van der Waals surface area contributed by atoms with Gasteiger partial charge >= 0.3 is 5.97 Å². The highest BCUT2D eigenvalue weighted by Gasteiger charge is 2.26. The van der Waals surface area contributed by atoms with Crippen LogP contribution in [0.3, 0.4) is 0 Å². The van der Waals surface area contributed by atoms with Gasteiger partial charge in [0.1, 0.15) is 0 Å². The minimum atomic E-state index is -3.51. The predicted molar refractivity (Wildman–Crippen MR) is 67.4 cm³/mol. The van der Waals surface area contributed by atoms with Gasteiger partial charge in [0, 0.05) is 13.1 Å². The van der Waals surface area contributed by atoms with Crippen LogP contribution in [0.5, 0.6) is 0 Å². The Kier molecular flexibility index (Phi) is 4.18. The molecule has 0 saturated carbocycles. The number of methoxy groups -OCH3 is 1. The third-order valence-corrected chi connectivity index (χ3v) is 4.80. The number of ether oxygens (including phenoxy) is 2. The van der Waals surface area contributed by atoms with Gasteiger partial charge in [-0.1, -0.05) is 0 Å². The third kappa shape index (κ3) is 2.94. The van der Waals surface area contributed by atoms with Gasteiger partial charge < -0.3 is 9.47 Å². The zero-order valence-electron chi connectivity index (χ0n) is 10.5. The molecule has 0 amide bonds. The monoisotopic (exact) mass is 285 g/mol. The van der Waals surface area contributed by atoms with Gasteiger partial charge in [0.2, 0.25) is 10.0 Å². The highest BCUT2D eigenvalue weighted by molar-refractivity contribution is 7.89. The van der Waals surface area contributed by atoms with Crippen LogP contribution in [-0.4, -0.2) is 52.1 Å². The van der Waals surface area contributed by atoms with Crippen molar-refractivity contribution >= 4 is 16.0 Å². The van der Waals surface area contributed by atoms with E-state index in [9.17, 15) is 13.2 Å². The lowest BCUT2D eigenvalue weighted by Crippen LogP contribution is -2.40. The number of carbonyl (C=O) groups is 1. The largest absolute Gasteiger partial charge is 0.465 e. The molecule has 0 atom stereocenters. The fourth-order valence-electron chi connectivity index (χ4n) is 1.82. The SMILES string of the molecule is COC(=O)c1ccc(S(=O)(=O)N2CCOCC2)cc1. The average molecular weight is 285 g/mol. The van der Waals surface area contributed by atoms with Gasteiger partial charge in [0.25, 0.3) is 0 Å². The summed E-state index contributed by atoms with van der Waals surface area (Å²) in [6.07, 6.45) is 0. The Bertz CT molecular complexity index is 546. The van der Waals surface area contributed by atoms with Crippen LogP contribution in [-0.2, 0) is 19.5 Å². The Morgan fingerprint density at radius 3 is 2.32 bits per heavy atom. The van der Waals surface area contributed by atoms with E-state index in [1.54, 1.807) is 0 Å². The Morgan fingerprint density at radius 1 is 1.21 bits per heavy atom. The zero-order valence-corrected chi connectivity index (χ0v) is 11.4. The Morgan fingerprint density at radius 2 is 1.79 bits per heavy atom. The standard InChI is InChI=1S/C12H15NO5S/c1-17-12(14)10-2-4-11(5-3-10)19(15,16)13-6-8-18-9-7-13/h2-5H,6-9H2,1H3. The van der Waals surface area contributed by atoms with Crippen LogP contribution in [0, 0.1) is 0 Å².